The highest BCUT2D eigenvalue weighted by atomic mass is 16.6. The van der Waals surface area contributed by atoms with Crippen LogP contribution in [0, 0.1) is 0 Å². The van der Waals surface area contributed by atoms with Crippen LogP contribution in [0.1, 0.15) is 0 Å². The average molecular weight is 166 g/mol. The fourth-order valence-corrected chi connectivity index (χ4v) is 1.02. The second kappa shape index (κ2) is 3.03. The third-order valence-corrected chi connectivity index (χ3v) is 1.77. The molecule has 0 spiro atoms. The van der Waals surface area contributed by atoms with Crippen LogP contribution < -0.4 is 4.74 Å². The summed E-state index contributed by atoms with van der Waals surface area (Å²) in [6, 6.07) is 6.94. The Balaban J connectivity index is 2.06. The zero-order chi connectivity index (χ0) is 8.39. The summed E-state index contributed by atoms with van der Waals surface area (Å²) in [5.41, 5.74) is 0. The van der Waals surface area contributed by atoms with Gasteiger partial charge < -0.3 is 14.6 Å². The fraction of sp³-hybridized carbons (Fsp3) is 0.333. The van der Waals surface area contributed by atoms with E-state index in [1.54, 1.807) is 18.2 Å². The van der Waals surface area contributed by atoms with Crippen LogP contribution >= 0.6 is 0 Å². The molecule has 12 heavy (non-hydrogen) atoms. The minimum absolute atomic E-state index is 0.110. The Kier molecular flexibility index (Phi) is 1.87. The molecule has 1 aromatic carbocycles. The van der Waals surface area contributed by atoms with Crippen LogP contribution in [0.5, 0.6) is 11.5 Å². The lowest BCUT2D eigenvalue weighted by molar-refractivity contribution is -0.0803. The zero-order valence-corrected chi connectivity index (χ0v) is 6.56. The minimum atomic E-state index is 0.110. The highest BCUT2D eigenvalue weighted by molar-refractivity contribution is 5.38. The maximum absolute atomic E-state index is 9.31. The van der Waals surface area contributed by atoms with Gasteiger partial charge in [0.2, 0.25) is 0 Å². The lowest BCUT2D eigenvalue weighted by atomic mass is 10.3. The van der Waals surface area contributed by atoms with Crippen LogP contribution in [0.2, 0.25) is 0 Å². The van der Waals surface area contributed by atoms with Crippen LogP contribution in [0.4, 0.5) is 0 Å². The second-order valence-electron chi connectivity index (χ2n) is 2.75. The van der Waals surface area contributed by atoms with E-state index in [0.717, 1.165) is 0 Å². The van der Waals surface area contributed by atoms with Crippen LogP contribution in [0.3, 0.4) is 0 Å². The van der Waals surface area contributed by atoms with Crippen LogP contribution in [0.15, 0.2) is 24.3 Å². The highest BCUT2D eigenvalue weighted by Gasteiger charge is 2.20. The molecular weight excluding hydrogens is 156 g/mol. The zero-order valence-electron chi connectivity index (χ0n) is 6.56. The lowest BCUT2D eigenvalue weighted by Crippen LogP contribution is -2.38. The normalized spacial score (nSPS) is 17.0. The van der Waals surface area contributed by atoms with Gasteiger partial charge in [0.25, 0.3) is 0 Å². The van der Waals surface area contributed by atoms with E-state index in [1.165, 1.54) is 0 Å². The van der Waals surface area contributed by atoms with E-state index in [-0.39, 0.29) is 11.9 Å². The van der Waals surface area contributed by atoms with Gasteiger partial charge in [-0.1, -0.05) is 12.1 Å². The van der Waals surface area contributed by atoms with Crippen molar-refractivity contribution in [1.29, 1.82) is 0 Å². The van der Waals surface area contributed by atoms with Crippen molar-refractivity contribution >= 4 is 0 Å². The van der Waals surface area contributed by atoms with Crippen LogP contribution in [-0.2, 0) is 4.74 Å². The Labute approximate surface area is 70.5 Å². The summed E-state index contributed by atoms with van der Waals surface area (Å²) < 4.78 is 10.3. The molecule has 1 aromatic rings. The Bertz CT molecular complexity index is 268. The van der Waals surface area contributed by atoms with Crippen molar-refractivity contribution in [2.45, 2.75) is 6.10 Å². The monoisotopic (exact) mass is 166 g/mol. The standard InChI is InChI=1S/C9H10O3/c10-8-3-1-2-4-9(8)12-7-5-11-6-7/h1-4,7,10H,5-6H2. The Morgan fingerprint density at radius 1 is 1.33 bits per heavy atom. The van der Waals surface area contributed by atoms with Crippen molar-refractivity contribution in [3.8, 4) is 11.5 Å². The number of ether oxygens (including phenoxy) is 2. The first-order valence-corrected chi connectivity index (χ1v) is 3.88. The maximum Gasteiger partial charge on any atom is 0.161 e. The molecule has 3 nitrogen and oxygen atoms in total. The number of phenolic OH excluding ortho intramolecular Hbond substituents is 1. The first kappa shape index (κ1) is 7.43. The van der Waals surface area contributed by atoms with Gasteiger partial charge in [-0.15, -0.1) is 0 Å². The summed E-state index contributed by atoms with van der Waals surface area (Å²) in [6.07, 6.45) is 0.110. The third-order valence-electron chi connectivity index (χ3n) is 1.77. The molecule has 0 unspecified atom stereocenters. The van der Waals surface area contributed by atoms with Gasteiger partial charge in [-0.2, -0.15) is 0 Å². The Hall–Kier alpha value is -1.22. The molecule has 1 heterocycles. The second-order valence-corrected chi connectivity index (χ2v) is 2.75. The van der Waals surface area contributed by atoms with E-state index in [4.69, 9.17) is 9.47 Å². The van der Waals surface area contributed by atoms with Gasteiger partial charge in [0.15, 0.2) is 11.5 Å². The average Bonchev–Trinajstić information content (AvgIpc) is 2.00. The Morgan fingerprint density at radius 2 is 2.08 bits per heavy atom. The van der Waals surface area contributed by atoms with Crippen molar-refractivity contribution < 1.29 is 14.6 Å². The molecule has 64 valence electrons. The van der Waals surface area contributed by atoms with Crippen LogP contribution in [0.25, 0.3) is 0 Å². The van der Waals surface area contributed by atoms with Gasteiger partial charge in [0.05, 0.1) is 13.2 Å². The minimum Gasteiger partial charge on any atom is -0.504 e. The van der Waals surface area contributed by atoms with Gasteiger partial charge in [-0.3, -0.25) is 0 Å². The predicted molar refractivity (Wildman–Crippen MR) is 43.3 cm³/mol. The summed E-state index contributed by atoms with van der Waals surface area (Å²) in [5, 5.41) is 9.31. The summed E-state index contributed by atoms with van der Waals surface area (Å²) in [7, 11) is 0. The molecule has 1 saturated heterocycles. The number of hydrogen-bond acceptors (Lipinski definition) is 3. The van der Waals surface area contributed by atoms with Gasteiger partial charge in [0, 0.05) is 0 Å². The van der Waals surface area contributed by atoms with Gasteiger partial charge >= 0.3 is 0 Å². The van der Waals surface area contributed by atoms with Crippen molar-refractivity contribution in [2.75, 3.05) is 13.2 Å². The molecule has 0 atom stereocenters. The molecule has 0 bridgehead atoms. The van der Waals surface area contributed by atoms with Crippen LogP contribution in [-0.4, -0.2) is 24.4 Å². The van der Waals surface area contributed by atoms with E-state index in [2.05, 4.69) is 0 Å². The van der Waals surface area contributed by atoms with Gasteiger partial charge in [0.1, 0.15) is 6.10 Å². The molecule has 1 N–H and O–H groups in total. The molecule has 0 amide bonds. The molecule has 2 rings (SSSR count). The van der Waals surface area contributed by atoms with Gasteiger partial charge in [-0.25, -0.2) is 0 Å². The summed E-state index contributed by atoms with van der Waals surface area (Å²) >= 11 is 0. The number of rotatable bonds is 2. The van der Waals surface area contributed by atoms with Crippen molar-refractivity contribution in [3.05, 3.63) is 24.3 Å². The quantitative estimate of drug-likeness (QED) is 0.716. The molecule has 1 fully saturated rings. The number of phenols is 1. The highest BCUT2D eigenvalue weighted by Crippen LogP contribution is 2.26. The molecule has 1 aliphatic rings. The van der Waals surface area contributed by atoms with E-state index in [9.17, 15) is 5.11 Å². The molecule has 0 radical (unpaired) electrons. The number of aromatic hydroxyl groups is 1. The summed E-state index contributed by atoms with van der Waals surface area (Å²) in [6.45, 7) is 1.24. The largest absolute Gasteiger partial charge is 0.504 e. The molecule has 0 aliphatic carbocycles. The molecular formula is C9H10O3. The van der Waals surface area contributed by atoms with Crippen molar-refractivity contribution in [1.82, 2.24) is 0 Å². The van der Waals surface area contributed by atoms with E-state index < -0.39 is 0 Å². The fourth-order valence-electron chi connectivity index (χ4n) is 1.02. The number of hydrogen-bond donors (Lipinski definition) is 1. The SMILES string of the molecule is Oc1ccccc1OC1COC1. The molecule has 3 heteroatoms. The predicted octanol–water partition coefficient (Wildman–Crippen LogP) is 1.17. The van der Waals surface area contributed by atoms with E-state index >= 15 is 0 Å². The van der Waals surface area contributed by atoms with Crippen molar-refractivity contribution in [2.24, 2.45) is 0 Å². The number of para-hydroxylation sites is 2. The molecule has 1 aliphatic heterocycles. The topological polar surface area (TPSA) is 38.7 Å². The first-order valence-electron chi connectivity index (χ1n) is 3.88. The Morgan fingerprint density at radius 3 is 2.67 bits per heavy atom. The lowest BCUT2D eigenvalue weighted by Gasteiger charge is -2.26. The summed E-state index contributed by atoms with van der Waals surface area (Å²) in [4.78, 5) is 0. The van der Waals surface area contributed by atoms with Gasteiger partial charge in [-0.05, 0) is 12.1 Å². The first-order chi connectivity index (χ1) is 5.86. The van der Waals surface area contributed by atoms with E-state index in [1.807, 2.05) is 6.07 Å². The maximum atomic E-state index is 9.31. The number of benzene rings is 1. The molecule has 0 aromatic heterocycles. The smallest absolute Gasteiger partial charge is 0.161 e. The summed E-state index contributed by atoms with van der Waals surface area (Å²) in [5.74, 6) is 0.718. The van der Waals surface area contributed by atoms with E-state index in [0.29, 0.717) is 19.0 Å². The third kappa shape index (κ3) is 1.36. The molecule has 0 saturated carbocycles. The van der Waals surface area contributed by atoms with Crippen molar-refractivity contribution in [3.63, 3.8) is 0 Å².